The van der Waals surface area contributed by atoms with Crippen molar-refractivity contribution in [1.82, 2.24) is 0 Å². The number of carbonyl (C=O) groups excluding carboxylic acids is 1. The number of hydrogen-bond donors (Lipinski definition) is 1. The highest BCUT2D eigenvalue weighted by Gasteiger charge is 2.49. The van der Waals surface area contributed by atoms with Crippen LogP contribution >= 0.6 is 0 Å². The van der Waals surface area contributed by atoms with E-state index in [4.69, 9.17) is 0 Å². The van der Waals surface area contributed by atoms with E-state index in [2.05, 4.69) is 0 Å². The molecule has 0 spiro atoms. The minimum Gasteiger partial charge on any atom is -0.388 e. The van der Waals surface area contributed by atoms with Crippen LogP contribution in [0.2, 0.25) is 0 Å². The zero-order chi connectivity index (χ0) is 11.1. The molecule has 4 unspecified atom stereocenters. The Labute approximate surface area is 95.3 Å². The van der Waals surface area contributed by atoms with Crippen LogP contribution in [0.15, 0.2) is 30.3 Å². The lowest BCUT2D eigenvalue weighted by molar-refractivity contribution is -0.129. The Morgan fingerprint density at radius 3 is 2.56 bits per heavy atom. The van der Waals surface area contributed by atoms with Gasteiger partial charge in [-0.05, 0) is 30.7 Å². The monoisotopic (exact) mass is 216 g/mol. The highest BCUT2D eigenvalue weighted by Crippen LogP contribution is 2.50. The number of ketones is 1. The average Bonchev–Trinajstić information content (AvgIpc) is 2.90. The van der Waals surface area contributed by atoms with E-state index in [0.717, 1.165) is 24.8 Å². The molecule has 1 N–H and O–H groups in total. The van der Waals surface area contributed by atoms with Gasteiger partial charge in [0.15, 0.2) is 0 Å². The van der Waals surface area contributed by atoms with Crippen LogP contribution in [0.25, 0.3) is 0 Å². The van der Waals surface area contributed by atoms with Gasteiger partial charge >= 0.3 is 0 Å². The molecule has 2 fully saturated rings. The van der Waals surface area contributed by atoms with Crippen LogP contribution in [0.1, 0.15) is 30.9 Å². The fourth-order valence-electron chi connectivity index (χ4n) is 3.38. The number of rotatable bonds is 2. The molecule has 2 bridgehead atoms. The standard InChI is InChI=1S/C14H16O2/c15-13(9-4-2-1-3-5-9)12-10-6-7-11(8-10)14(12)16/h1-5,10-13,15H,6-8H2. The number of carbonyl (C=O) groups is 1. The Kier molecular flexibility index (Phi) is 2.32. The smallest absolute Gasteiger partial charge is 0.142 e. The highest BCUT2D eigenvalue weighted by atomic mass is 16.3. The quantitative estimate of drug-likeness (QED) is 0.823. The predicted molar refractivity (Wildman–Crippen MR) is 60.7 cm³/mol. The summed E-state index contributed by atoms with van der Waals surface area (Å²) in [4.78, 5) is 12.0. The van der Waals surface area contributed by atoms with Crippen LogP contribution in [0, 0.1) is 17.8 Å². The molecule has 2 aliphatic carbocycles. The van der Waals surface area contributed by atoms with Gasteiger partial charge in [0, 0.05) is 5.92 Å². The summed E-state index contributed by atoms with van der Waals surface area (Å²) >= 11 is 0. The largest absolute Gasteiger partial charge is 0.388 e. The van der Waals surface area contributed by atoms with Gasteiger partial charge in [0.05, 0.1) is 12.0 Å². The number of fused-ring (bicyclic) bond motifs is 2. The van der Waals surface area contributed by atoms with Crippen molar-refractivity contribution in [2.45, 2.75) is 25.4 Å². The zero-order valence-corrected chi connectivity index (χ0v) is 9.17. The molecule has 2 aliphatic rings. The van der Waals surface area contributed by atoms with Crippen molar-refractivity contribution in [1.29, 1.82) is 0 Å². The summed E-state index contributed by atoms with van der Waals surface area (Å²) in [5.41, 5.74) is 0.883. The van der Waals surface area contributed by atoms with Crippen LogP contribution in [-0.4, -0.2) is 10.9 Å². The summed E-state index contributed by atoms with van der Waals surface area (Å²) < 4.78 is 0. The molecule has 1 aromatic carbocycles. The van der Waals surface area contributed by atoms with Crippen molar-refractivity contribution in [3.05, 3.63) is 35.9 Å². The highest BCUT2D eigenvalue weighted by molar-refractivity contribution is 5.87. The third-order valence-corrected chi connectivity index (χ3v) is 4.19. The van der Waals surface area contributed by atoms with E-state index in [1.54, 1.807) is 0 Å². The maximum Gasteiger partial charge on any atom is 0.142 e. The summed E-state index contributed by atoms with van der Waals surface area (Å²) in [6, 6.07) is 9.57. The number of aliphatic hydroxyl groups excluding tert-OH is 1. The summed E-state index contributed by atoms with van der Waals surface area (Å²) in [7, 11) is 0. The molecular formula is C14H16O2. The lowest BCUT2D eigenvalue weighted by atomic mass is 9.81. The molecule has 0 amide bonds. The average molecular weight is 216 g/mol. The predicted octanol–water partition coefficient (Wildman–Crippen LogP) is 2.34. The number of benzene rings is 1. The van der Waals surface area contributed by atoms with E-state index in [1.165, 1.54) is 0 Å². The van der Waals surface area contributed by atoms with E-state index >= 15 is 0 Å². The van der Waals surface area contributed by atoms with Gasteiger partial charge in [0.25, 0.3) is 0 Å². The second-order valence-corrected chi connectivity index (χ2v) is 5.05. The summed E-state index contributed by atoms with van der Waals surface area (Å²) in [5, 5.41) is 10.3. The van der Waals surface area contributed by atoms with Gasteiger partial charge in [-0.15, -0.1) is 0 Å². The third kappa shape index (κ3) is 1.40. The van der Waals surface area contributed by atoms with E-state index < -0.39 is 6.10 Å². The normalized spacial score (nSPS) is 34.3. The summed E-state index contributed by atoms with van der Waals surface area (Å²) in [5.74, 6) is 0.829. The molecule has 3 rings (SSSR count). The zero-order valence-electron chi connectivity index (χ0n) is 9.17. The van der Waals surface area contributed by atoms with Gasteiger partial charge in [0.2, 0.25) is 0 Å². The van der Waals surface area contributed by atoms with Crippen LogP contribution in [0.3, 0.4) is 0 Å². The van der Waals surface area contributed by atoms with Gasteiger partial charge in [0.1, 0.15) is 5.78 Å². The van der Waals surface area contributed by atoms with Gasteiger partial charge in [-0.3, -0.25) is 4.79 Å². The molecule has 2 saturated carbocycles. The molecule has 84 valence electrons. The van der Waals surface area contributed by atoms with E-state index in [9.17, 15) is 9.90 Å². The third-order valence-electron chi connectivity index (χ3n) is 4.19. The molecule has 2 heteroatoms. The van der Waals surface area contributed by atoms with Crippen LogP contribution in [-0.2, 0) is 4.79 Å². The molecule has 1 aromatic rings. The van der Waals surface area contributed by atoms with Crippen LogP contribution in [0.4, 0.5) is 0 Å². The molecule has 0 heterocycles. The second kappa shape index (κ2) is 3.70. The van der Waals surface area contributed by atoms with E-state index in [0.29, 0.717) is 11.7 Å². The molecule has 16 heavy (non-hydrogen) atoms. The molecular weight excluding hydrogens is 200 g/mol. The summed E-state index contributed by atoms with van der Waals surface area (Å²) in [6.45, 7) is 0. The van der Waals surface area contributed by atoms with Gasteiger partial charge in [-0.25, -0.2) is 0 Å². The maximum atomic E-state index is 12.0. The molecule has 0 aromatic heterocycles. The van der Waals surface area contributed by atoms with Crippen molar-refractivity contribution in [3.63, 3.8) is 0 Å². The summed E-state index contributed by atoms with van der Waals surface area (Å²) in [6.07, 6.45) is 2.57. The minimum atomic E-state index is -0.594. The lowest BCUT2D eigenvalue weighted by Crippen LogP contribution is -2.28. The van der Waals surface area contributed by atoms with Crippen molar-refractivity contribution in [3.8, 4) is 0 Å². The second-order valence-electron chi connectivity index (χ2n) is 5.05. The molecule has 0 aliphatic heterocycles. The van der Waals surface area contributed by atoms with E-state index in [1.807, 2.05) is 30.3 Å². The Morgan fingerprint density at radius 1 is 1.19 bits per heavy atom. The topological polar surface area (TPSA) is 37.3 Å². The Morgan fingerprint density at radius 2 is 1.94 bits per heavy atom. The Hall–Kier alpha value is -1.15. The number of hydrogen-bond acceptors (Lipinski definition) is 2. The van der Waals surface area contributed by atoms with Gasteiger partial charge in [-0.1, -0.05) is 30.3 Å². The fraction of sp³-hybridized carbons (Fsp3) is 0.500. The Balaban J connectivity index is 1.86. The van der Waals surface area contributed by atoms with Crippen molar-refractivity contribution in [2.24, 2.45) is 17.8 Å². The van der Waals surface area contributed by atoms with Crippen LogP contribution in [0.5, 0.6) is 0 Å². The molecule has 0 radical (unpaired) electrons. The number of aliphatic hydroxyl groups is 1. The first-order valence-corrected chi connectivity index (χ1v) is 6.04. The van der Waals surface area contributed by atoms with Crippen molar-refractivity contribution >= 4 is 5.78 Å². The molecule has 0 saturated heterocycles. The molecule has 4 atom stereocenters. The van der Waals surface area contributed by atoms with E-state index in [-0.39, 0.29) is 11.8 Å². The molecule has 2 nitrogen and oxygen atoms in total. The maximum absolute atomic E-state index is 12.0. The number of Topliss-reactive ketones (excluding diaryl/α,β-unsaturated/α-hetero) is 1. The first-order chi connectivity index (χ1) is 7.77. The first-order valence-electron chi connectivity index (χ1n) is 6.04. The van der Waals surface area contributed by atoms with Crippen molar-refractivity contribution < 1.29 is 9.90 Å². The van der Waals surface area contributed by atoms with Gasteiger partial charge in [-0.2, -0.15) is 0 Å². The van der Waals surface area contributed by atoms with Crippen LogP contribution < -0.4 is 0 Å². The Bertz CT molecular complexity index is 398. The lowest BCUT2D eigenvalue weighted by Gasteiger charge is -2.25. The van der Waals surface area contributed by atoms with Crippen molar-refractivity contribution in [2.75, 3.05) is 0 Å². The van der Waals surface area contributed by atoms with Gasteiger partial charge < -0.3 is 5.11 Å². The first kappa shape index (κ1) is 10.0. The SMILES string of the molecule is O=C1C2CCC(C2)C1C(O)c1ccccc1. The minimum absolute atomic E-state index is 0.138. The fourth-order valence-corrected chi connectivity index (χ4v) is 3.38.